The fourth-order valence-corrected chi connectivity index (χ4v) is 4.46. The van der Waals surface area contributed by atoms with Crippen molar-refractivity contribution in [3.8, 4) is 0 Å². The van der Waals surface area contributed by atoms with Crippen molar-refractivity contribution in [1.82, 2.24) is 4.90 Å². The first-order valence-corrected chi connectivity index (χ1v) is 11.2. The lowest BCUT2D eigenvalue weighted by Crippen LogP contribution is -2.27. The Morgan fingerprint density at radius 3 is 2.50 bits per heavy atom. The highest BCUT2D eigenvalue weighted by Gasteiger charge is 2.14. The summed E-state index contributed by atoms with van der Waals surface area (Å²) < 4.78 is 0. The normalized spacial score (nSPS) is 15.5. The van der Waals surface area contributed by atoms with Crippen molar-refractivity contribution in [2.45, 2.75) is 84.0 Å². The monoisotopic (exact) mass is 355 g/mol. The summed E-state index contributed by atoms with van der Waals surface area (Å²) in [5.74, 6) is 0.981. The van der Waals surface area contributed by atoms with Gasteiger partial charge >= 0.3 is 0 Å². The molecule has 1 fully saturated rings. The zero-order chi connectivity index (χ0) is 18.6. The van der Waals surface area contributed by atoms with E-state index in [2.05, 4.69) is 43.6 Å². The van der Waals surface area contributed by atoms with Crippen LogP contribution >= 0.6 is 0 Å². The average Bonchev–Trinajstić information content (AvgIpc) is 2.67. The van der Waals surface area contributed by atoms with Crippen LogP contribution in [-0.4, -0.2) is 25.0 Å². The molecule has 1 heteroatoms. The average molecular weight is 356 g/mol. The molecule has 0 aliphatic heterocycles. The van der Waals surface area contributed by atoms with E-state index < -0.39 is 0 Å². The van der Waals surface area contributed by atoms with E-state index in [0.717, 1.165) is 12.3 Å². The van der Waals surface area contributed by atoms with Gasteiger partial charge in [0.05, 0.1) is 0 Å². The van der Waals surface area contributed by atoms with Gasteiger partial charge in [0.15, 0.2) is 0 Å². The molecule has 1 nitrogen and oxygen atoms in total. The van der Waals surface area contributed by atoms with E-state index in [4.69, 9.17) is 0 Å². The number of aryl methyl sites for hydroxylation is 2. The number of nitrogens with zero attached hydrogens (tertiary/aromatic N) is 1. The maximum atomic E-state index is 3.91. The van der Waals surface area contributed by atoms with Crippen LogP contribution in [0.1, 0.15) is 87.8 Å². The van der Waals surface area contributed by atoms with Gasteiger partial charge in [0.25, 0.3) is 0 Å². The Morgan fingerprint density at radius 1 is 1.04 bits per heavy atom. The summed E-state index contributed by atoms with van der Waals surface area (Å²) in [5, 5.41) is 0. The Balaban J connectivity index is 1.52. The van der Waals surface area contributed by atoms with Crippen molar-refractivity contribution < 1.29 is 0 Å². The first kappa shape index (κ1) is 21.2. The second kappa shape index (κ2) is 12.3. The third-order valence-electron chi connectivity index (χ3n) is 6.11. The van der Waals surface area contributed by atoms with Gasteiger partial charge in [-0.3, -0.25) is 0 Å². The van der Waals surface area contributed by atoms with E-state index in [-0.39, 0.29) is 0 Å². The minimum absolute atomic E-state index is 0.981. The maximum Gasteiger partial charge on any atom is 0.000661 e. The summed E-state index contributed by atoms with van der Waals surface area (Å²) in [6.07, 6.45) is 18.5. The summed E-state index contributed by atoms with van der Waals surface area (Å²) >= 11 is 0. The molecule has 0 heterocycles. The molecule has 26 heavy (non-hydrogen) atoms. The van der Waals surface area contributed by atoms with E-state index in [1.165, 1.54) is 100 Å². The van der Waals surface area contributed by atoms with Crippen molar-refractivity contribution in [2.75, 3.05) is 20.1 Å². The first-order chi connectivity index (χ1) is 12.7. The van der Waals surface area contributed by atoms with Gasteiger partial charge in [-0.2, -0.15) is 0 Å². The second-order valence-corrected chi connectivity index (χ2v) is 8.37. The summed E-state index contributed by atoms with van der Waals surface area (Å²) in [6, 6.07) is 6.91. The Morgan fingerprint density at radius 2 is 1.77 bits per heavy atom. The summed E-state index contributed by atoms with van der Waals surface area (Å²) in [7, 11) is 2.33. The minimum atomic E-state index is 0.981. The molecule has 0 atom stereocenters. The van der Waals surface area contributed by atoms with Gasteiger partial charge < -0.3 is 4.90 Å². The van der Waals surface area contributed by atoms with Crippen molar-refractivity contribution >= 4 is 6.08 Å². The molecule has 2 rings (SSSR count). The van der Waals surface area contributed by atoms with Crippen molar-refractivity contribution in [3.05, 3.63) is 41.5 Å². The van der Waals surface area contributed by atoms with Crippen LogP contribution in [0.25, 0.3) is 6.08 Å². The van der Waals surface area contributed by atoms with Crippen molar-refractivity contribution in [3.63, 3.8) is 0 Å². The first-order valence-electron chi connectivity index (χ1n) is 11.2. The van der Waals surface area contributed by atoms with E-state index in [9.17, 15) is 0 Å². The van der Waals surface area contributed by atoms with E-state index in [1.54, 1.807) is 0 Å². The molecule has 0 amide bonds. The second-order valence-electron chi connectivity index (χ2n) is 8.37. The van der Waals surface area contributed by atoms with Crippen LogP contribution in [0.15, 0.2) is 24.8 Å². The van der Waals surface area contributed by atoms with Crippen LogP contribution in [0, 0.1) is 5.92 Å². The molecule has 1 aromatic carbocycles. The SMILES string of the molecule is C=Cc1ccc(CCCCCCCN(C)CC2CCCCC2)cc1CC. The lowest BCUT2D eigenvalue weighted by Gasteiger charge is -2.26. The predicted octanol–water partition coefficient (Wildman–Crippen LogP) is 6.90. The van der Waals surface area contributed by atoms with E-state index in [1.807, 2.05) is 6.08 Å². The van der Waals surface area contributed by atoms with Gasteiger partial charge in [-0.25, -0.2) is 0 Å². The van der Waals surface area contributed by atoms with Crippen LogP contribution in [0.2, 0.25) is 0 Å². The topological polar surface area (TPSA) is 3.24 Å². The molecule has 1 saturated carbocycles. The van der Waals surface area contributed by atoms with E-state index in [0.29, 0.717) is 0 Å². The van der Waals surface area contributed by atoms with E-state index >= 15 is 0 Å². The Kier molecular flexibility index (Phi) is 10.1. The van der Waals surface area contributed by atoms with Crippen LogP contribution in [-0.2, 0) is 12.8 Å². The molecule has 1 aromatic rings. The number of benzene rings is 1. The predicted molar refractivity (Wildman–Crippen MR) is 117 cm³/mol. The third-order valence-corrected chi connectivity index (χ3v) is 6.11. The standard InChI is InChI=1S/C25H41N/c1-4-24-18-17-22(20-25(24)5-2)14-10-7-6-8-13-19-26(3)21-23-15-11-9-12-16-23/h4,17-18,20,23H,1,5-16,19,21H2,2-3H3. The number of rotatable bonds is 12. The van der Waals surface area contributed by atoms with Gasteiger partial charge in [0.2, 0.25) is 0 Å². The molecule has 1 aliphatic rings. The molecule has 1 aliphatic carbocycles. The fourth-order valence-electron chi connectivity index (χ4n) is 4.46. The van der Waals surface area contributed by atoms with Crippen LogP contribution in [0.4, 0.5) is 0 Å². The number of hydrogen-bond donors (Lipinski definition) is 0. The molecular formula is C25H41N. The zero-order valence-electron chi connectivity index (χ0n) is 17.4. The quantitative estimate of drug-likeness (QED) is 0.369. The Bertz CT molecular complexity index is 513. The van der Waals surface area contributed by atoms with Gasteiger partial charge in [-0.1, -0.05) is 76.3 Å². The largest absolute Gasteiger partial charge is 0.306 e. The minimum Gasteiger partial charge on any atom is -0.306 e. The number of unbranched alkanes of at least 4 members (excludes halogenated alkanes) is 4. The molecule has 0 bridgehead atoms. The molecule has 0 saturated heterocycles. The highest BCUT2D eigenvalue weighted by atomic mass is 15.1. The summed E-state index contributed by atoms with van der Waals surface area (Å²) in [5.41, 5.74) is 4.24. The molecule has 0 spiro atoms. The molecule has 0 unspecified atom stereocenters. The highest BCUT2D eigenvalue weighted by Crippen LogP contribution is 2.24. The maximum absolute atomic E-state index is 3.91. The van der Waals surface area contributed by atoms with Gasteiger partial charge in [0.1, 0.15) is 0 Å². The van der Waals surface area contributed by atoms with Gasteiger partial charge in [0, 0.05) is 6.54 Å². The molecule has 0 aromatic heterocycles. The smallest absolute Gasteiger partial charge is 0.000661 e. The van der Waals surface area contributed by atoms with Crippen LogP contribution in [0.3, 0.4) is 0 Å². The highest BCUT2D eigenvalue weighted by molar-refractivity contribution is 5.52. The lowest BCUT2D eigenvalue weighted by atomic mass is 9.89. The Labute approximate surface area is 162 Å². The third kappa shape index (κ3) is 7.66. The zero-order valence-corrected chi connectivity index (χ0v) is 17.4. The van der Waals surface area contributed by atoms with Crippen molar-refractivity contribution in [2.24, 2.45) is 5.92 Å². The molecule has 0 radical (unpaired) electrons. The number of hydrogen-bond acceptors (Lipinski definition) is 1. The molecule has 0 N–H and O–H groups in total. The van der Waals surface area contributed by atoms with Crippen molar-refractivity contribution in [1.29, 1.82) is 0 Å². The fraction of sp³-hybridized carbons (Fsp3) is 0.680. The summed E-state index contributed by atoms with van der Waals surface area (Å²) in [4.78, 5) is 2.59. The molecule has 146 valence electrons. The summed E-state index contributed by atoms with van der Waals surface area (Å²) in [6.45, 7) is 8.77. The Hall–Kier alpha value is -1.08. The molecular weight excluding hydrogens is 314 g/mol. The van der Waals surface area contributed by atoms with Crippen LogP contribution in [0.5, 0.6) is 0 Å². The lowest BCUT2D eigenvalue weighted by molar-refractivity contribution is 0.230. The van der Waals surface area contributed by atoms with Gasteiger partial charge in [-0.05, 0) is 74.7 Å². The van der Waals surface area contributed by atoms with Crippen LogP contribution < -0.4 is 0 Å². The van der Waals surface area contributed by atoms with Gasteiger partial charge in [-0.15, -0.1) is 0 Å².